The van der Waals surface area contributed by atoms with E-state index < -0.39 is 17.7 Å². The summed E-state index contributed by atoms with van der Waals surface area (Å²) in [6.45, 7) is 2.40. The molecule has 0 aromatic heterocycles. The molecule has 2 heterocycles. The molecule has 1 fully saturated rings. The van der Waals surface area contributed by atoms with Crippen molar-refractivity contribution in [2.24, 2.45) is 0 Å². The lowest BCUT2D eigenvalue weighted by molar-refractivity contribution is -0.142. The molecule has 1 aromatic carbocycles. The van der Waals surface area contributed by atoms with Gasteiger partial charge in [0.15, 0.2) is 0 Å². The van der Waals surface area contributed by atoms with Crippen LogP contribution in [0, 0.1) is 5.82 Å². The number of carbonyl (C=O) groups is 2. The lowest BCUT2D eigenvalue weighted by Gasteiger charge is -2.27. The van der Waals surface area contributed by atoms with E-state index in [0.717, 1.165) is 12.8 Å². The number of hydrogen-bond acceptors (Lipinski definition) is 4. The summed E-state index contributed by atoms with van der Waals surface area (Å²) in [6.07, 6.45) is 1.60. The molecule has 2 unspecified atom stereocenters. The minimum atomic E-state index is -0.778. The summed E-state index contributed by atoms with van der Waals surface area (Å²) in [7, 11) is 0. The van der Waals surface area contributed by atoms with Gasteiger partial charge in [0.2, 0.25) is 5.91 Å². The lowest BCUT2D eigenvalue weighted by Crippen LogP contribution is -2.35. The average Bonchev–Trinajstić information content (AvgIpc) is 3.05. The van der Waals surface area contributed by atoms with Gasteiger partial charge in [0.1, 0.15) is 12.4 Å². The quantitative estimate of drug-likeness (QED) is 0.831. The third kappa shape index (κ3) is 3.85. The third-order valence-electron chi connectivity index (χ3n) is 4.46. The fourth-order valence-electron chi connectivity index (χ4n) is 3.28. The molecule has 0 bridgehead atoms. The summed E-state index contributed by atoms with van der Waals surface area (Å²) in [6, 6.07) is 4.28. The molecule has 1 amide bonds. The largest absolute Gasteiger partial charge is 0.460 e. The van der Waals surface area contributed by atoms with E-state index in [0.29, 0.717) is 12.3 Å². The normalized spacial score (nSPS) is 23.6. The first-order valence-electron chi connectivity index (χ1n) is 8.20. The number of halogens is 2. The van der Waals surface area contributed by atoms with Crippen molar-refractivity contribution in [3.63, 3.8) is 0 Å². The molecule has 1 aromatic rings. The summed E-state index contributed by atoms with van der Waals surface area (Å²) in [5, 5.41) is 2.80. The highest BCUT2D eigenvalue weighted by Gasteiger charge is 2.35. The molecule has 0 aliphatic carbocycles. The average molecular weight is 368 g/mol. The number of ether oxygens (including phenoxy) is 2. The van der Waals surface area contributed by atoms with Crippen LogP contribution in [0.5, 0.6) is 0 Å². The van der Waals surface area contributed by atoms with Gasteiger partial charge < -0.3 is 14.8 Å². The Hall–Kier alpha value is -1.92. The van der Waals surface area contributed by atoms with Crippen LogP contribution in [0.1, 0.15) is 37.7 Å². The van der Waals surface area contributed by atoms with Crippen LogP contribution in [0.15, 0.2) is 29.5 Å². The van der Waals surface area contributed by atoms with Crippen molar-refractivity contribution in [1.29, 1.82) is 0 Å². The Morgan fingerprint density at radius 1 is 1.48 bits per heavy atom. The van der Waals surface area contributed by atoms with Crippen LogP contribution in [-0.4, -0.2) is 31.2 Å². The Labute approximate surface area is 150 Å². The Morgan fingerprint density at radius 2 is 2.28 bits per heavy atom. The smallest absolute Gasteiger partial charge is 0.336 e. The minimum Gasteiger partial charge on any atom is -0.460 e. The van der Waals surface area contributed by atoms with Crippen molar-refractivity contribution < 1.29 is 23.5 Å². The lowest BCUT2D eigenvalue weighted by atomic mass is 9.84. The van der Waals surface area contributed by atoms with E-state index in [1.165, 1.54) is 18.2 Å². The molecule has 3 rings (SSSR count). The zero-order valence-electron chi connectivity index (χ0n) is 13.8. The molecule has 0 radical (unpaired) electrons. The van der Waals surface area contributed by atoms with E-state index in [1.54, 1.807) is 6.92 Å². The first-order valence-corrected chi connectivity index (χ1v) is 8.58. The maximum absolute atomic E-state index is 14.3. The van der Waals surface area contributed by atoms with Crippen molar-refractivity contribution in [3.05, 3.63) is 45.9 Å². The van der Waals surface area contributed by atoms with Crippen LogP contribution >= 0.6 is 11.6 Å². The second-order valence-electron chi connectivity index (χ2n) is 6.21. The van der Waals surface area contributed by atoms with Gasteiger partial charge >= 0.3 is 5.97 Å². The van der Waals surface area contributed by atoms with Gasteiger partial charge in [-0.05, 0) is 31.9 Å². The summed E-state index contributed by atoms with van der Waals surface area (Å²) in [5.41, 5.74) is 0.727. The molecule has 2 aliphatic rings. The Morgan fingerprint density at radius 3 is 2.96 bits per heavy atom. The predicted molar refractivity (Wildman–Crippen MR) is 89.5 cm³/mol. The van der Waals surface area contributed by atoms with E-state index in [1.807, 2.05) is 0 Å². The zero-order chi connectivity index (χ0) is 18.0. The maximum atomic E-state index is 14.3. The van der Waals surface area contributed by atoms with Crippen LogP contribution in [0.2, 0.25) is 5.02 Å². The van der Waals surface area contributed by atoms with Gasteiger partial charge in [0.25, 0.3) is 0 Å². The molecule has 7 heteroatoms. The zero-order valence-corrected chi connectivity index (χ0v) is 14.6. The third-order valence-corrected chi connectivity index (χ3v) is 4.79. The SMILES string of the molecule is CC1=C(C(=O)OCC2CCCO2)C(c2c(F)cccc2Cl)CC(=O)N1. The number of carbonyl (C=O) groups excluding carboxylic acids is 2. The van der Waals surface area contributed by atoms with Crippen LogP contribution in [0.3, 0.4) is 0 Å². The monoisotopic (exact) mass is 367 g/mol. The topological polar surface area (TPSA) is 64.6 Å². The summed E-state index contributed by atoms with van der Waals surface area (Å²) in [5.74, 6) is -2.21. The predicted octanol–water partition coefficient (Wildman–Crippen LogP) is 3.08. The fraction of sp³-hybridized carbons (Fsp3) is 0.444. The molecule has 25 heavy (non-hydrogen) atoms. The first-order chi connectivity index (χ1) is 12.0. The molecule has 1 N–H and O–H groups in total. The van der Waals surface area contributed by atoms with Crippen LogP contribution in [0.25, 0.3) is 0 Å². The van der Waals surface area contributed by atoms with Crippen molar-refractivity contribution in [1.82, 2.24) is 5.32 Å². The second-order valence-corrected chi connectivity index (χ2v) is 6.62. The Kier molecular flexibility index (Phi) is 5.39. The molecule has 1 saturated heterocycles. The number of esters is 1. The number of allylic oxidation sites excluding steroid dienone is 1. The molecule has 2 atom stereocenters. The molecular formula is C18H19ClFNO4. The molecule has 2 aliphatic heterocycles. The minimum absolute atomic E-state index is 0.0671. The van der Waals surface area contributed by atoms with Crippen molar-refractivity contribution >= 4 is 23.5 Å². The molecule has 0 saturated carbocycles. The summed E-state index contributed by atoms with van der Waals surface area (Å²) >= 11 is 6.14. The number of hydrogen-bond donors (Lipinski definition) is 1. The maximum Gasteiger partial charge on any atom is 0.336 e. The van der Waals surface area contributed by atoms with E-state index >= 15 is 0 Å². The van der Waals surface area contributed by atoms with Gasteiger partial charge in [-0.25, -0.2) is 9.18 Å². The number of amides is 1. The Bertz CT molecular complexity index is 708. The van der Waals surface area contributed by atoms with Crippen LogP contribution in [0.4, 0.5) is 4.39 Å². The van der Waals surface area contributed by atoms with Crippen LogP contribution < -0.4 is 5.32 Å². The van der Waals surface area contributed by atoms with Gasteiger partial charge in [-0.2, -0.15) is 0 Å². The number of rotatable bonds is 4. The van der Waals surface area contributed by atoms with Crippen molar-refractivity contribution in [2.45, 2.75) is 38.2 Å². The summed E-state index contributed by atoms with van der Waals surface area (Å²) < 4.78 is 25.2. The highest BCUT2D eigenvalue weighted by molar-refractivity contribution is 6.31. The van der Waals surface area contributed by atoms with Gasteiger partial charge in [0, 0.05) is 35.2 Å². The highest BCUT2D eigenvalue weighted by Crippen LogP contribution is 2.38. The van der Waals surface area contributed by atoms with Gasteiger partial charge in [-0.1, -0.05) is 17.7 Å². The van der Waals surface area contributed by atoms with E-state index in [4.69, 9.17) is 21.1 Å². The van der Waals surface area contributed by atoms with E-state index in [9.17, 15) is 14.0 Å². The number of benzene rings is 1. The Balaban J connectivity index is 1.88. The highest BCUT2D eigenvalue weighted by atomic mass is 35.5. The van der Waals surface area contributed by atoms with Gasteiger partial charge in [0.05, 0.1) is 11.7 Å². The van der Waals surface area contributed by atoms with E-state index in [-0.39, 0.29) is 41.2 Å². The van der Waals surface area contributed by atoms with Gasteiger partial charge in [-0.15, -0.1) is 0 Å². The second kappa shape index (κ2) is 7.54. The fourth-order valence-corrected chi connectivity index (χ4v) is 3.58. The van der Waals surface area contributed by atoms with E-state index in [2.05, 4.69) is 5.32 Å². The molecule has 134 valence electrons. The number of nitrogens with one attached hydrogen (secondary N) is 1. The molecular weight excluding hydrogens is 349 g/mol. The molecule has 5 nitrogen and oxygen atoms in total. The standard InChI is InChI=1S/C18H19ClFNO4/c1-10-16(18(23)25-9-11-4-3-7-24-11)12(8-15(22)21-10)17-13(19)5-2-6-14(17)20/h2,5-6,11-12H,3-4,7-9H2,1H3,(H,21,22). The first kappa shape index (κ1) is 17.9. The molecule has 0 spiro atoms. The summed E-state index contributed by atoms with van der Waals surface area (Å²) in [4.78, 5) is 24.6. The van der Waals surface area contributed by atoms with Crippen molar-refractivity contribution in [3.8, 4) is 0 Å². The van der Waals surface area contributed by atoms with Crippen LogP contribution in [-0.2, 0) is 19.1 Å². The van der Waals surface area contributed by atoms with Gasteiger partial charge in [-0.3, -0.25) is 4.79 Å². The van der Waals surface area contributed by atoms with Crippen molar-refractivity contribution in [2.75, 3.05) is 13.2 Å².